The fourth-order valence-electron chi connectivity index (χ4n) is 1.10. The lowest BCUT2D eigenvalue weighted by Crippen LogP contribution is -1.85. The molecule has 0 aliphatic rings. The van der Waals surface area contributed by atoms with Crippen LogP contribution in [0.3, 0.4) is 0 Å². The average Bonchev–Trinajstić information content (AvgIpc) is 2.25. The summed E-state index contributed by atoms with van der Waals surface area (Å²) < 4.78 is 0. The van der Waals surface area contributed by atoms with Crippen molar-refractivity contribution in [1.82, 2.24) is 0 Å². The molecule has 2 heteroatoms. The maximum atomic E-state index is 7.05. The van der Waals surface area contributed by atoms with Crippen LogP contribution < -0.4 is 0 Å². The molecule has 0 aliphatic carbocycles. The Bertz CT molecular complexity index is 299. The molecule has 0 atom stereocenters. The fraction of sp³-hybridized carbons (Fsp3) is 0.333. The summed E-state index contributed by atoms with van der Waals surface area (Å²) in [6.45, 7) is 3.07. The van der Waals surface area contributed by atoms with Crippen molar-refractivity contribution in [2.75, 3.05) is 6.54 Å². The van der Waals surface area contributed by atoms with Crippen LogP contribution in [0.15, 0.2) is 29.3 Å². The Kier molecular flexibility index (Phi) is 4.62. The molecule has 0 bridgehead atoms. The first-order chi connectivity index (χ1) is 6.86. The highest BCUT2D eigenvalue weighted by Crippen LogP contribution is 1.99. The average molecular weight is 188 g/mol. The van der Waals surface area contributed by atoms with Crippen LogP contribution in [0.1, 0.15) is 30.9 Å². The summed E-state index contributed by atoms with van der Waals surface area (Å²) in [5, 5.41) is 7.05. The number of hydrogen-bond acceptors (Lipinski definition) is 2. The van der Waals surface area contributed by atoms with Crippen LogP contribution in [-0.4, -0.2) is 19.0 Å². The van der Waals surface area contributed by atoms with Gasteiger partial charge in [0.2, 0.25) is 0 Å². The number of hydrogen-bond donors (Lipinski definition) is 1. The molecule has 0 saturated heterocycles. The molecule has 2 nitrogen and oxygen atoms in total. The van der Waals surface area contributed by atoms with Crippen molar-refractivity contribution in [3.63, 3.8) is 0 Å². The molecule has 1 aromatic rings. The van der Waals surface area contributed by atoms with Gasteiger partial charge >= 0.3 is 0 Å². The van der Waals surface area contributed by atoms with E-state index in [1.54, 1.807) is 0 Å². The van der Waals surface area contributed by atoms with Crippen LogP contribution in [0.25, 0.3) is 0 Å². The highest BCUT2D eigenvalue weighted by atomic mass is 14.7. The van der Waals surface area contributed by atoms with Gasteiger partial charge in [0, 0.05) is 19.0 Å². The first-order valence-electron chi connectivity index (χ1n) is 4.97. The minimum Gasteiger partial charge on any atom is -0.308 e. The minimum absolute atomic E-state index is 0.906. The Labute approximate surface area is 85.2 Å². The number of benzene rings is 1. The van der Waals surface area contributed by atoms with Crippen LogP contribution in [0.4, 0.5) is 0 Å². The maximum absolute atomic E-state index is 7.05. The lowest BCUT2D eigenvalue weighted by atomic mass is 10.2. The van der Waals surface area contributed by atoms with Gasteiger partial charge in [-0.1, -0.05) is 37.6 Å². The lowest BCUT2D eigenvalue weighted by Gasteiger charge is -1.94. The maximum Gasteiger partial charge on any atom is 0.0389 e. The topological polar surface area (TPSA) is 36.2 Å². The molecular weight excluding hydrogens is 172 g/mol. The third-order valence-corrected chi connectivity index (χ3v) is 1.98. The van der Waals surface area contributed by atoms with Crippen molar-refractivity contribution >= 4 is 12.4 Å². The van der Waals surface area contributed by atoms with E-state index >= 15 is 0 Å². The number of unbranched alkanes of at least 4 members (excludes halogenated alkanes) is 1. The van der Waals surface area contributed by atoms with Gasteiger partial charge < -0.3 is 5.41 Å². The monoisotopic (exact) mass is 188 g/mol. The van der Waals surface area contributed by atoms with Gasteiger partial charge in [-0.2, -0.15) is 0 Å². The molecule has 0 saturated carbocycles. The standard InChI is InChI=1S/C12H16N2/c1-2-3-8-14-10-12-6-4-11(9-13)5-7-12/h4-7,9-10,13H,2-3,8H2,1H3/b13-9?,14-10+. The summed E-state index contributed by atoms with van der Waals surface area (Å²) in [5.41, 5.74) is 2.03. The van der Waals surface area contributed by atoms with Crippen molar-refractivity contribution in [3.05, 3.63) is 35.4 Å². The molecule has 0 spiro atoms. The number of rotatable bonds is 5. The summed E-state index contributed by atoms with van der Waals surface area (Å²) in [6.07, 6.45) is 5.57. The van der Waals surface area contributed by atoms with Gasteiger partial charge in [0.1, 0.15) is 0 Å². The molecule has 0 fully saturated rings. The first kappa shape index (κ1) is 10.6. The molecule has 14 heavy (non-hydrogen) atoms. The molecule has 1 aromatic carbocycles. The Morgan fingerprint density at radius 1 is 1.21 bits per heavy atom. The molecule has 0 unspecified atom stereocenters. The summed E-state index contributed by atoms with van der Waals surface area (Å²) in [4.78, 5) is 4.30. The Morgan fingerprint density at radius 3 is 2.43 bits per heavy atom. The van der Waals surface area contributed by atoms with Gasteiger partial charge in [0.15, 0.2) is 0 Å². The summed E-state index contributed by atoms with van der Waals surface area (Å²) in [7, 11) is 0. The van der Waals surface area contributed by atoms with E-state index in [0.29, 0.717) is 0 Å². The fourth-order valence-corrected chi connectivity index (χ4v) is 1.10. The zero-order chi connectivity index (χ0) is 10.2. The van der Waals surface area contributed by atoms with E-state index in [0.717, 1.165) is 24.1 Å². The van der Waals surface area contributed by atoms with Gasteiger partial charge in [0.05, 0.1) is 0 Å². The van der Waals surface area contributed by atoms with Gasteiger partial charge in [-0.3, -0.25) is 4.99 Å². The van der Waals surface area contributed by atoms with E-state index < -0.39 is 0 Å². The van der Waals surface area contributed by atoms with Crippen molar-refractivity contribution in [3.8, 4) is 0 Å². The van der Waals surface area contributed by atoms with Crippen LogP contribution in [0, 0.1) is 5.41 Å². The minimum atomic E-state index is 0.906. The smallest absolute Gasteiger partial charge is 0.0389 e. The third-order valence-electron chi connectivity index (χ3n) is 1.98. The van der Waals surface area contributed by atoms with E-state index in [-0.39, 0.29) is 0 Å². The Hall–Kier alpha value is -1.44. The largest absolute Gasteiger partial charge is 0.308 e. The second-order valence-electron chi connectivity index (χ2n) is 3.20. The predicted molar refractivity (Wildman–Crippen MR) is 61.7 cm³/mol. The Morgan fingerprint density at radius 2 is 1.86 bits per heavy atom. The zero-order valence-corrected chi connectivity index (χ0v) is 8.53. The molecule has 0 heterocycles. The van der Waals surface area contributed by atoms with Gasteiger partial charge in [-0.05, 0) is 17.5 Å². The molecule has 0 aliphatic heterocycles. The highest BCUT2D eigenvalue weighted by Gasteiger charge is 1.88. The van der Waals surface area contributed by atoms with Crippen molar-refractivity contribution in [1.29, 1.82) is 5.41 Å². The van der Waals surface area contributed by atoms with Crippen molar-refractivity contribution in [2.24, 2.45) is 4.99 Å². The van der Waals surface area contributed by atoms with E-state index in [9.17, 15) is 0 Å². The van der Waals surface area contributed by atoms with E-state index in [4.69, 9.17) is 5.41 Å². The molecule has 0 aromatic heterocycles. The summed E-state index contributed by atoms with van der Waals surface area (Å²) >= 11 is 0. The molecular formula is C12H16N2. The van der Waals surface area contributed by atoms with Crippen LogP contribution >= 0.6 is 0 Å². The summed E-state index contributed by atoms with van der Waals surface area (Å²) in [5.74, 6) is 0. The van der Waals surface area contributed by atoms with Crippen molar-refractivity contribution < 1.29 is 0 Å². The SMILES string of the molecule is CCCC/N=C/c1ccc(C=N)cc1. The second-order valence-corrected chi connectivity index (χ2v) is 3.20. The van der Waals surface area contributed by atoms with E-state index in [1.165, 1.54) is 12.6 Å². The highest BCUT2D eigenvalue weighted by molar-refractivity contribution is 5.82. The predicted octanol–water partition coefficient (Wildman–Crippen LogP) is 2.90. The number of aliphatic imine (C=N–C) groups is 1. The van der Waals surface area contributed by atoms with E-state index in [2.05, 4.69) is 11.9 Å². The summed E-state index contributed by atoms with van der Waals surface area (Å²) in [6, 6.07) is 7.81. The van der Waals surface area contributed by atoms with Crippen LogP contribution in [-0.2, 0) is 0 Å². The van der Waals surface area contributed by atoms with Gasteiger partial charge in [0.25, 0.3) is 0 Å². The first-order valence-corrected chi connectivity index (χ1v) is 4.97. The zero-order valence-electron chi connectivity index (χ0n) is 8.53. The molecule has 1 N–H and O–H groups in total. The quantitative estimate of drug-likeness (QED) is 0.545. The van der Waals surface area contributed by atoms with Gasteiger partial charge in [-0.15, -0.1) is 0 Å². The molecule has 74 valence electrons. The normalized spacial score (nSPS) is 10.6. The van der Waals surface area contributed by atoms with Crippen LogP contribution in [0.5, 0.6) is 0 Å². The van der Waals surface area contributed by atoms with Gasteiger partial charge in [-0.25, -0.2) is 0 Å². The van der Waals surface area contributed by atoms with E-state index in [1.807, 2.05) is 30.5 Å². The van der Waals surface area contributed by atoms with Crippen molar-refractivity contribution in [2.45, 2.75) is 19.8 Å². The number of nitrogens with one attached hydrogen (secondary N) is 1. The lowest BCUT2D eigenvalue weighted by molar-refractivity contribution is 0.810. The Balaban J connectivity index is 2.50. The third kappa shape index (κ3) is 3.52. The number of nitrogens with zero attached hydrogens (tertiary/aromatic N) is 1. The molecule has 1 rings (SSSR count). The molecule has 0 amide bonds. The molecule has 0 radical (unpaired) electrons. The van der Waals surface area contributed by atoms with Crippen LogP contribution in [0.2, 0.25) is 0 Å². The second kappa shape index (κ2) is 6.08.